The van der Waals surface area contributed by atoms with Gasteiger partial charge in [-0.1, -0.05) is 0 Å². The standard InChI is InChI=1S/C10H8F3N3/c11-3-5-1-6(9(13)8(12)2-5)7-4-15-16-10(7)14/h1-2,4H,3H2,(H3,14,15,16). The summed E-state index contributed by atoms with van der Waals surface area (Å²) in [5, 5.41) is 5.99. The van der Waals surface area contributed by atoms with Gasteiger partial charge in [-0.05, 0) is 17.7 Å². The minimum Gasteiger partial charge on any atom is -0.384 e. The third kappa shape index (κ3) is 1.62. The Kier molecular flexibility index (Phi) is 2.55. The van der Waals surface area contributed by atoms with Crippen molar-refractivity contribution in [1.82, 2.24) is 10.2 Å². The van der Waals surface area contributed by atoms with Gasteiger partial charge in [0.2, 0.25) is 0 Å². The summed E-state index contributed by atoms with van der Waals surface area (Å²) in [5.74, 6) is -2.06. The molecule has 6 heteroatoms. The van der Waals surface area contributed by atoms with E-state index in [1.165, 1.54) is 12.3 Å². The number of nitrogens with one attached hydrogen (secondary N) is 1. The predicted molar refractivity (Wildman–Crippen MR) is 53.2 cm³/mol. The third-order valence-corrected chi connectivity index (χ3v) is 2.20. The van der Waals surface area contributed by atoms with Gasteiger partial charge in [0.05, 0.1) is 6.20 Å². The number of aromatic amines is 1. The largest absolute Gasteiger partial charge is 0.384 e. The maximum atomic E-state index is 13.5. The van der Waals surface area contributed by atoms with Crippen LogP contribution in [0.3, 0.4) is 0 Å². The molecule has 0 aliphatic carbocycles. The van der Waals surface area contributed by atoms with E-state index in [1.807, 2.05) is 0 Å². The predicted octanol–water partition coefficient (Wildman–Crippen LogP) is 2.41. The highest BCUT2D eigenvalue weighted by Crippen LogP contribution is 2.29. The van der Waals surface area contributed by atoms with Crippen molar-refractivity contribution < 1.29 is 13.2 Å². The van der Waals surface area contributed by atoms with Gasteiger partial charge in [0, 0.05) is 11.1 Å². The number of halogens is 3. The van der Waals surface area contributed by atoms with Crippen molar-refractivity contribution in [2.24, 2.45) is 0 Å². The van der Waals surface area contributed by atoms with Gasteiger partial charge in [0.25, 0.3) is 0 Å². The molecule has 0 aliphatic heterocycles. The van der Waals surface area contributed by atoms with Crippen molar-refractivity contribution in [3.8, 4) is 11.1 Å². The fourth-order valence-electron chi connectivity index (χ4n) is 1.43. The number of nitrogens with zero attached hydrogens (tertiary/aromatic N) is 1. The second-order valence-electron chi connectivity index (χ2n) is 3.27. The first kappa shape index (κ1) is 10.5. The van der Waals surface area contributed by atoms with E-state index < -0.39 is 18.3 Å². The summed E-state index contributed by atoms with van der Waals surface area (Å²) < 4.78 is 39.0. The van der Waals surface area contributed by atoms with Gasteiger partial charge in [-0.2, -0.15) is 5.10 Å². The zero-order valence-electron chi connectivity index (χ0n) is 8.10. The van der Waals surface area contributed by atoms with E-state index in [-0.39, 0.29) is 22.5 Å². The number of nitrogens with two attached hydrogens (primary N) is 1. The first-order valence-corrected chi connectivity index (χ1v) is 4.46. The monoisotopic (exact) mass is 227 g/mol. The van der Waals surface area contributed by atoms with Crippen LogP contribution in [0, 0.1) is 11.6 Å². The lowest BCUT2D eigenvalue weighted by molar-refractivity contribution is 0.473. The van der Waals surface area contributed by atoms with Gasteiger partial charge < -0.3 is 5.73 Å². The summed E-state index contributed by atoms with van der Waals surface area (Å²) in [6.45, 7) is -0.873. The minimum absolute atomic E-state index is 0.0505. The molecule has 3 N–H and O–H groups in total. The molecule has 0 saturated heterocycles. The quantitative estimate of drug-likeness (QED) is 0.827. The van der Waals surface area contributed by atoms with Gasteiger partial charge in [-0.3, -0.25) is 5.10 Å². The van der Waals surface area contributed by atoms with Gasteiger partial charge >= 0.3 is 0 Å². The van der Waals surface area contributed by atoms with Crippen LogP contribution in [0.25, 0.3) is 11.1 Å². The normalized spacial score (nSPS) is 10.7. The Bertz CT molecular complexity index is 522. The van der Waals surface area contributed by atoms with E-state index >= 15 is 0 Å². The smallest absolute Gasteiger partial charge is 0.166 e. The molecule has 16 heavy (non-hydrogen) atoms. The zero-order valence-corrected chi connectivity index (χ0v) is 8.10. The lowest BCUT2D eigenvalue weighted by Crippen LogP contribution is -1.95. The van der Waals surface area contributed by atoms with Crippen molar-refractivity contribution >= 4 is 5.82 Å². The van der Waals surface area contributed by atoms with Crippen molar-refractivity contribution in [2.45, 2.75) is 6.67 Å². The number of hydrogen-bond acceptors (Lipinski definition) is 2. The second kappa shape index (κ2) is 3.88. The Morgan fingerprint density at radius 1 is 1.25 bits per heavy atom. The molecule has 0 radical (unpaired) electrons. The molecular formula is C10H8F3N3. The molecule has 2 rings (SSSR count). The summed E-state index contributed by atoms with van der Waals surface area (Å²) in [5.41, 5.74) is 5.65. The lowest BCUT2D eigenvalue weighted by atomic mass is 10.0. The van der Waals surface area contributed by atoms with Crippen LogP contribution in [0.2, 0.25) is 0 Å². The molecule has 0 fully saturated rings. The number of alkyl halides is 1. The Labute approximate surface area is 89.1 Å². The first-order chi connectivity index (χ1) is 7.63. The van der Waals surface area contributed by atoms with E-state index in [9.17, 15) is 13.2 Å². The molecule has 0 amide bonds. The van der Waals surface area contributed by atoms with E-state index in [2.05, 4.69) is 10.2 Å². The molecule has 0 bridgehead atoms. The number of benzene rings is 1. The molecule has 0 aliphatic rings. The van der Waals surface area contributed by atoms with Gasteiger partial charge in [0.15, 0.2) is 11.6 Å². The maximum Gasteiger partial charge on any atom is 0.166 e. The van der Waals surface area contributed by atoms with Crippen molar-refractivity contribution in [3.63, 3.8) is 0 Å². The average molecular weight is 227 g/mol. The molecule has 0 atom stereocenters. The van der Waals surface area contributed by atoms with E-state index in [0.717, 1.165) is 6.07 Å². The summed E-state index contributed by atoms with van der Waals surface area (Å²) >= 11 is 0. The van der Waals surface area contributed by atoms with E-state index in [1.54, 1.807) is 0 Å². The fourth-order valence-corrected chi connectivity index (χ4v) is 1.43. The zero-order chi connectivity index (χ0) is 11.7. The van der Waals surface area contributed by atoms with Crippen molar-refractivity contribution in [2.75, 3.05) is 5.73 Å². The number of hydrogen-bond donors (Lipinski definition) is 2. The molecule has 0 spiro atoms. The molecule has 0 unspecified atom stereocenters. The third-order valence-electron chi connectivity index (χ3n) is 2.20. The highest BCUT2D eigenvalue weighted by atomic mass is 19.2. The second-order valence-corrected chi connectivity index (χ2v) is 3.27. The van der Waals surface area contributed by atoms with E-state index in [0.29, 0.717) is 0 Å². The van der Waals surface area contributed by atoms with Crippen LogP contribution in [0.1, 0.15) is 5.56 Å². The minimum atomic E-state index is -1.11. The van der Waals surface area contributed by atoms with Crippen LogP contribution in [-0.2, 0) is 6.67 Å². The van der Waals surface area contributed by atoms with Crippen LogP contribution in [0.15, 0.2) is 18.3 Å². The summed E-state index contributed by atoms with van der Waals surface area (Å²) in [6, 6.07) is 2.02. The van der Waals surface area contributed by atoms with Crippen molar-refractivity contribution in [1.29, 1.82) is 0 Å². The van der Waals surface area contributed by atoms with Gasteiger partial charge in [-0.15, -0.1) is 0 Å². The first-order valence-electron chi connectivity index (χ1n) is 4.46. The molecule has 1 aromatic carbocycles. The number of H-pyrrole nitrogens is 1. The Balaban J connectivity index is 2.64. The lowest BCUT2D eigenvalue weighted by Gasteiger charge is -2.05. The number of rotatable bonds is 2. The molecule has 1 aromatic heterocycles. The van der Waals surface area contributed by atoms with Crippen molar-refractivity contribution in [3.05, 3.63) is 35.5 Å². The molecule has 2 aromatic rings. The molecule has 1 heterocycles. The fraction of sp³-hybridized carbons (Fsp3) is 0.100. The Morgan fingerprint density at radius 2 is 2.00 bits per heavy atom. The molecular weight excluding hydrogens is 219 g/mol. The Morgan fingerprint density at radius 3 is 2.56 bits per heavy atom. The van der Waals surface area contributed by atoms with Gasteiger partial charge in [-0.25, -0.2) is 13.2 Å². The average Bonchev–Trinajstić information content (AvgIpc) is 2.68. The van der Waals surface area contributed by atoms with Crippen LogP contribution in [0.4, 0.5) is 19.0 Å². The van der Waals surface area contributed by atoms with Crippen LogP contribution < -0.4 is 5.73 Å². The molecule has 84 valence electrons. The highest BCUT2D eigenvalue weighted by molar-refractivity contribution is 5.74. The molecule has 3 nitrogen and oxygen atoms in total. The number of aromatic nitrogens is 2. The van der Waals surface area contributed by atoms with Gasteiger partial charge in [0.1, 0.15) is 12.5 Å². The van der Waals surface area contributed by atoms with Crippen LogP contribution in [-0.4, -0.2) is 10.2 Å². The van der Waals surface area contributed by atoms with Crippen LogP contribution in [0.5, 0.6) is 0 Å². The highest BCUT2D eigenvalue weighted by Gasteiger charge is 2.15. The molecule has 0 saturated carbocycles. The van der Waals surface area contributed by atoms with E-state index in [4.69, 9.17) is 5.73 Å². The topological polar surface area (TPSA) is 54.7 Å². The number of nitrogen functional groups attached to an aromatic ring is 1. The number of anilines is 1. The van der Waals surface area contributed by atoms with Crippen LogP contribution >= 0.6 is 0 Å². The maximum absolute atomic E-state index is 13.5. The Hall–Kier alpha value is -1.98. The summed E-state index contributed by atoms with van der Waals surface area (Å²) in [7, 11) is 0. The summed E-state index contributed by atoms with van der Waals surface area (Å²) in [6.07, 6.45) is 1.26. The SMILES string of the molecule is Nc1[nH]ncc1-c1cc(CF)cc(F)c1F. The summed E-state index contributed by atoms with van der Waals surface area (Å²) in [4.78, 5) is 0.